The second-order valence-electron chi connectivity index (χ2n) is 4.19. The molecule has 96 valence electrons. The second kappa shape index (κ2) is 4.60. The molecule has 0 unspecified atom stereocenters. The molecule has 3 heterocycles. The summed E-state index contributed by atoms with van der Waals surface area (Å²) in [4.78, 5) is 29.1. The summed E-state index contributed by atoms with van der Waals surface area (Å²) in [7, 11) is 0. The van der Waals surface area contributed by atoms with Gasteiger partial charge in [0, 0.05) is 37.1 Å². The molecule has 7 heteroatoms. The van der Waals surface area contributed by atoms with Crippen LogP contribution in [0.4, 0.5) is 4.79 Å². The maximum atomic E-state index is 10.9. The van der Waals surface area contributed by atoms with Crippen molar-refractivity contribution < 1.29 is 9.90 Å². The number of nitrogens with zero attached hydrogens (tertiary/aromatic N) is 5. The number of carboxylic acid groups (broad SMARTS) is 1. The minimum atomic E-state index is -0.916. The topological polar surface area (TPSA) is 92.1 Å². The quantitative estimate of drug-likeness (QED) is 0.818. The molecular weight excluding hydrogens is 246 g/mol. The van der Waals surface area contributed by atoms with Crippen LogP contribution >= 0.6 is 0 Å². The molecule has 1 amide bonds. The van der Waals surface area contributed by atoms with Gasteiger partial charge in [-0.05, 0) is 6.07 Å². The van der Waals surface area contributed by atoms with E-state index in [1.54, 1.807) is 24.7 Å². The van der Waals surface area contributed by atoms with E-state index >= 15 is 0 Å². The normalized spacial score (nSPS) is 14.0. The van der Waals surface area contributed by atoms with Gasteiger partial charge in [-0.1, -0.05) is 0 Å². The summed E-state index contributed by atoms with van der Waals surface area (Å²) in [5.41, 5.74) is 1.71. The number of hydrogen-bond acceptors (Lipinski definition) is 5. The molecule has 0 fully saturated rings. The van der Waals surface area contributed by atoms with Gasteiger partial charge in [0.2, 0.25) is 0 Å². The van der Waals surface area contributed by atoms with E-state index in [0.29, 0.717) is 31.2 Å². The summed E-state index contributed by atoms with van der Waals surface area (Å²) in [6.07, 6.45) is 4.60. The second-order valence-corrected chi connectivity index (χ2v) is 4.19. The predicted octanol–water partition coefficient (Wildman–Crippen LogP) is 0.970. The molecule has 0 atom stereocenters. The van der Waals surface area contributed by atoms with Crippen molar-refractivity contribution in [1.29, 1.82) is 0 Å². The number of carbonyl (C=O) groups is 1. The number of amides is 1. The van der Waals surface area contributed by atoms with Crippen molar-refractivity contribution >= 4 is 6.09 Å². The highest BCUT2D eigenvalue weighted by Gasteiger charge is 2.22. The molecule has 7 nitrogen and oxygen atoms in total. The van der Waals surface area contributed by atoms with Crippen LogP contribution < -0.4 is 0 Å². The van der Waals surface area contributed by atoms with Crippen LogP contribution in [0.25, 0.3) is 11.6 Å². The third-order valence-corrected chi connectivity index (χ3v) is 2.97. The Hall–Kier alpha value is -2.57. The van der Waals surface area contributed by atoms with Crippen LogP contribution in [0.5, 0.6) is 0 Å². The van der Waals surface area contributed by atoms with Gasteiger partial charge in [-0.3, -0.25) is 0 Å². The Kier molecular flexibility index (Phi) is 2.79. The van der Waals surface area contributed by atoms with Crippen LogP contribution in [-0.2, 0) is 13.0 Å². The molecule has 19 heavy (non-hydrogen) atoms. The maximum Gasteiger partial charge on any atom is 0.407 e. The first-order valence-corrected chi connectivity index (χ1v) is 5.84. The smallest absolute Gasteiger partial charge is 0.407 e. The Balaban J connectivity index is 1.92. The molecule has 0 spiro atoms. The number of fused-ring (bicyclic) bond motifs is 1. The van der Waals surface area contributed by atoms with E-state index in [4.69, 9.17) is 5.11 Å². The molecule has 0 radical (unpaired) electrons. The van der Waals surface area contributed by atoms with Gasteiger partial charge in [-0.25, -0.2) is 24.7 Å². The lowest BCUT2D eigenvalue weighted by Gasteiger charge is -2.25. The van der Waals surface area contributed by atoms with Gasteiger partial charge in [-0.2, -0.15) is 0 Å². The summed E-state index contributed by atoms with van der Waals surface area (Å²) >= 11 is 0. The minimum Gasteiger partial charge on any atom is -0.465 e. The first kappa shape index (κ1) is 11.5. The summed E-state index contributed by atoms with van der Waals surface area (Å²) < 4.78 is 0. The third-order valence-electron chi connectivity index (χ3n) is 2.97. The summed E-state index contributed by atoms with van der Waals surface area (Å²) in [5.74, 6) is 0.953. The van der Waals surface area contributed by atoms with Gasteiger partial charge in [0.15, 0.2) is 11.6 Å². The van der Waals surface area contributed by atoms with Crippen LogP contribution in [0.15, 0.2) is 24.7 Å². The molecule has 0 saturated carbocycles. The van der Waals surface area contributed by atoms with Crippen LogP contribution in [0, 0.1) is 0 Å². The molecule has 0 bridgehead atoms. The molecular formula is C12H11N5O2. The molecule has 1 aliphatic rings. The van der Waals surface area contributed by atoms with Gasteiger partial charge < -0.3 is 10.0 Å². The van der Waals surface area contributed by atoms with Crippen LogP contribution in [0.1, 0.15) is 11.3 Å². The van der Waals surface area contributed by atoms with Crippen molar-refractivity contribution in [3.63, 3.8) is 0 Å². The van der Waals surface area contributed by atoms with Crippen molar-refractivity contribution in [3.05, 3.63) is 35.9 Å². The molecule has 0 aromatic carbocycles. The van der Waals surface area contributed by atoms with Crippen molar-refractivity contribution in [2.45, 2.75) is 13.0 Å². The number of hydrogen-bond donors (Lipinski definition) is 1. The predicted molar refractivity (Wildman–Crippen MR) is 65.2 cm³/mol. The van der Waals surface area contributed by atoms with Crippen molar-refractivity contribution in [3.8, 4) is 11.6 Å². The van der Waals surface area contributed by atoms with Gasteiger partial charge in [0.25, 0.3) is 0 Å². The zero-order valence-electron chi connectivity index (χ0n) is 10.0. The molecule has 0 saturated heterocycles. The van der Waals surface area contributed by atoms with Gasteiger partial charge in [0.1, 0.15) is 0 Å². The van der Waals surface area contributed by atoms with Crippen LogP contribution in [0.3, 0.4) is 0 Å². The van der Waals surface area contributed by atoms with E-state index in [2.05, 4.69) is 19.9 Å². The van der Waals surface area contributed by atoms with E-state index in [1.165, 1.54) is 4.90 Å². The lowest BCUT2D eigenvalue weighted by Crippen LogP contribution is -2.35. The van der Waals surface area contributed by atoms with Crippen LogP contribution in [0.2, 0.25) is 0 Å². The average molecular weight is 257 g/mol. The summed E-state index contributed by atoms with van der Waals surface area (Å²) in [5, 5.41) is 8.96. The highest BCUT2D eigenvalue weighted by Crippen LogP contribution is 2.18. The first-order chi connectivity index (χ1) is 9.24. The molecule has 1 N–H and O–H groups in total. The lowest BCUT2D eigenvalue weighted by atomic mass is 10.1. The van der Waals surface area contributed by atoms with Gasteiger partial charge in [-0.15, -0.1) is 0 Å². The fourth-order valence-electron chi connectivity index (χ4n) is 2.00. The van der Waals surface area contributed by atoms with E-state index in [9.17, 15) is 4.79 Å². The Morgan fingerprint density at radius 3 is 2.74 bits per heavy atom. The number of rotatable bonds is 1. The van der Waals surface area contributed by atoms with Crippen molar-refractivity contribution in [2.75, 3.05) is 6.54 Å². The Labute approximate surface area is 109 Å². The summed E-state index contributed by atoms with van der Waals surface area (Å²) in [6.45, 7) is 0.787. The van der Waals surface area contributed by atoms with Crippen molar-refractivity contribution in [2.24, 2.45) is 0 Å². The highest BCUT2D eigenvalue weighted by molar-refractivity contribution is 5.65. The van der Waals surface area contributed by atoms with E-state index < -0.39 is 6.09 Å². The standard InChI is InChI=1S/C12H11N5O2/c18-12(19)17-5-2-9-8(7-17)6-15-11(16-9)10-13-3-1-4-14-10/h1,3-4,6H,2,5,7H2,(H,18,19). The largest absolute Gasteiger partial charge is 0.465 e. The molecule has 2 aromatic heterocycles. The Morgan fingerprint density at radius 1 is 1.21 bits per heavy atom. The monoisotopic (exact) mass is 257 g/mol. The van der Waals surface area contributed by atoms with Crippen LogP contribution in [-0.4, -0.2) is 42.6 Å². The Morgan fingerprint density at radius 2 is 2.00 bits per heavy atom. The van der Waals surface area contributed by atoms with Crippen molar-refractivity contribution in [1.82, 2.24) is 24.8 Å². The molecule has 3 rings (SSSR count). The third kappa shape index (κ3) is 2.22. The van der Waals surface area contributed by atoms with E-state index in [0.717, 1.165) is 11.3 Å². The molecule has 0 aliphatic carbocycles. The minimum absolute atomic E-state index is 0.334. The van der Waals surface area contributed by atoms with Gasteiger partial charge in [0.05, 0.1) is 12.2 Å². The highest BCUT2D eigenvalue weighted by atomic mass is 16.4. The SMILES string of the molecule is O=C(O)N1CCc2nc(-c3ncccn3)ncc2C1. The number of aromatic nitrogens is 4. The zero-order chi connectivity index (χ0) is 13.2. The fraction of sp³-hybridized carbons (Fsp3) is 0.250. The van der Waals surface area contributed by atoms with E-state index in [-0.39, 0.29) is 0 Å². The fourth-order valence-corrected chi connectivity index (χ4v) is 2.00. The summed E-state index contributed by atoms with van der Waals surface area (Å²) in [6, 6.07) is 1.73. The van der Waals surface area contributed by atoms with E-state index in [1.807, 2.05) is 0 Å². The molecule has 1 aliphatic heterocycles. The Bertz CT molecular complexity index is 617. The lowest BCUT2D eigenvalue weighted by molar-refractivity contribution is 0.139. The average Bonchev–Trinajstić information content (AvgIpc) is 2.47. The molecule has 2 aromatic rings. The zero-order valence-corrected chi connectivity index (χ0v) is 10.0. The first-order valence-electron chi connectivity index (χ1n) is 5.84. The maximum absolute atomic E-state index is 10.9. The van der Waals surface area contributed by atoms with Gasteiger partial charge >= 0.3 is 6.09 Å².